The normalized spacial score (nSPS) is 12.0. The second-order valence-corrected chi connectivity index (χ2v) is 15.7. The molecule has 52 heavy (non-hydrogen) atoms. The molecular weight excluding hydrogens is 914 g/mol. The van der Waals surface area contributed by atoms with Crippen molar-refractivity contribution in [1.29, 1.82) is 0 Å². The molecule has 1 aliphatic rings. The van der Waals surface area contributed by atoms with Crippen LogP contribution in [0.3, 0.4) is 0 Å². The van der Waals surface area contributed by atoms with Crippen molar-refractivity contribution < 1.29 is 18.9 Å². The first-order chi connectivity index (χ1) is 25.3. The third kappa shape index (κ3) is 10.2. The van der Waals surface area contributed by atoms with E-state index in [1.165, 1.54) is 0 Å². The van der Waals surface area contributed by atoms with Gasteiger partial charge in [0.2, 0.25) is 0 Å². The van der Waals surface area contributed by atoms with Crippen LogP contribution in [0.2, 0.25) is 0 Å². The van der Waals surface area contributed by atoms with E-state index in [4.69, 9.17) is 43.4 Å². The lowest BCUT2D eigenvalue weighted by Gasteiger charge is -2.23. The number of fused-ring (bicyclic) bond motifs is 8. The van der Waals surface area contributed by atoms with Gasteiger partial charge in [0.1, 0.15) is 23.0 Å². The summed E-state index contributed by atoms with van der Waals surface area (Å²) in [5.41, 5.74) is 9.86. The van der Waals surface area contributed by atoms with Gasteiger partial charge in [-0.15, -0.1) is 0 Å². The lowest BCUT2D eigenvalue weighted by Crippen LogP contribution is -2.10. The topological polar surface area (TPSA) is 61.6 Å². The summed E-state index contributed by atoms with van der Waals surface area (Å²) < 4.78 is 28.8. The van der Waals surface area contributed by atoms with E-state index in [-0.39, 0.29) is 0 Å². The molecule has 5 rings (SSSR count). The summed E-state index contributed by atoms with van der Waals surface area (Å²) in [5.74, 6) is 3.49. The van der Waals surface area contributed by atoms with Crippen molar-refractivity contribution in [2.75, 3.05) is 26.4 Å². The predicted octanol–water partition coefficient (Wildman–Crippen LogP) is 12.2. The van der Waals surface area contributed by atoms with Crippen molar-refractivity contribution in [2.24, 2.45) is 9.98 Å². The molecule has 0 amide bonds. The molecule has 0 spiro atoms. The third-order valence-corrected chi connectivity index (χ3v) is 9.97. The van der Waals surface area contributed by atoms with Gasteiger partial charge in [0.05, 0.1) is 48.1 Å². The molecule has 0 saturated heterocycles. The van der Waals surface area contributed by atoms with Crippen molar-refractivity contribution in [3.63, 3.8) is 0 Å². The molecule has 0 heterocycles. The van der Waals surface area contributed by atoms with Gasteiger partial charge in [0.25, 0.3) is 0 Å². The Kier molecular flexibility index (Phi) is 15.5. The smallest absolute Gasteiger partial charge is 0.126 e. The zero-order valence-electron chi connectivity index (χ0n) is 30.2. The van der Waals surface area contributed by atoms with Crippen LogP contribution in [-0.4, -0.2) is 36.8 Å². The van der Waals surface area contributed by atoms with Gasteiger partial charge in [0, 0.05) is 55.1 Å². The Morgan fingerprint density at radius 2 is 0.692 bits per heavy atom. The summed E-state index contributed by atoms with van der Waals surface area (Å²) in [6.07, 6.45) is 5.82. The largest absolute Gasteiger partial charge is 0.493 e. The fraction of sp³-hybridized carbons (Fsp3) is 0.381. The molecule has 1 aliphatic carbocycles. The van der Waals surface area contributed by atoms with Gasteiger partial charge in [-0.2, -0.15) is 9.98 Å². The van der Waals surface area contributed by atoms with E-state index in [0.717, 1.165) is 112 Å². The van der Waals surface area contributed by atoms with E-state index in [9.17, 15) is 0 Å². The van der Waals surface area contributed by atoms with E-state index >= 15 is 0 Å². The lowest BCUT2D eigenvalue weighted by atomic mass is 9.90. The number of nitrogens with zero attached hydrogens (tertiary/aromatic N) is 2. The monoisotopic (exact) mass is 958 g/mol. The Morgan fingerprint density at radius 3 is 0.904 bits per heavy atom. The molecule has 272 valence electrons. The first-order valence-corrected chi connectivity index (χ1v) is 20.9. The fourth-order valence-electron chi connectivity index (χ4n) is 6.56. The lowest BCUT2D eigenvalue weighted by molar-refractivity contribution is 0.304. The van der Waals surface area contributed by atoms with Crippen LogP contribution >= 0.6 is 69.6 Å². The maximum atomic E-state index is 6.65. The highest BCUT2D eigenvalue weighted by molar-refractivity contribution is 14.1. The highest BCUT2D eigenvalue weighted by atomic mass is 127. The Labute approximate surface area is 346 Å². The van der Waals surface area contributed by atoms with Gasteiger partial charge in [0.15, 0.2) is 0 Å². The third-order valence-electron chi connectivity index (χ3n) is 8.55. The minimum absolute atomic E-state index is 0.576. The SMILES string of the molecule is CCCOc1c2cc(I)cc1Cc1cc(N=C=S)cc(c1OCCC)Cc1cc(I)cc(c1OCCC)Cc1cc(N=C=S)cc(c1OCCC)C2. The molecule has 0 aliphatic heterocycles. The van der Waals surface area contributed by atoms with Crippen LogP contribution in [0.1, 0.15) is 97.9 Å². The second-order valence-electron chi connectivity index (χ2n) is 12.8. The van der Waals surface area contributed by atoms with Crippen molar-refractivity contribution in [3.05, 3.63) is 100 Å². The Hall–Kier alpha value is -2.86. The van der Waals surface area contributed by atoms with E-state index in [1.807, 2.05) is 0 Å². The van der Waals surface area contributed by atoms with Crippen molar-refractivity contribution in [1.82, 2.24) is 0 Å². The standard InChI is InChI=1S/C42H44I2N2O4S2/c1-5-9-47-39-27-13-31-21-37(45-25-51)23-33(41(31)49-11-7-3)15-29-19-36(44)20-30(40(29)48-10-6-2)16-34-24-38(46-26-52)22-32(42(34)50-12-8-4)14-28(39)18-35(43)17-27/h17-24H,5-16H2,1-4H3. The van der Waals surface area contributed by atoms with Crippen LogP contribution in [-0.2, 0) is 25.7 Å². The quantitative estimate of drug-likeness (QED) is 0.0628. The van der Waals surface area contributed by atoms with E-state index < -0.39 is 0 Å². The molecule has 0 saturated carbocycles. The zero-order chi connectivity index (χ0) is 37.0. The predicted molar refractivity (Wildman–Crippen MR) is 235 cm³/mol. The van der Waals surface area contributed by atoms with Crippen LogP contribution in [0.4, 0.5) is 11.4 Å². The molecule has 0 atom stereocenters. The zero-order valence-corrected chi connectivity index (χ0v) is 36.2. The fourth-order valence-corrected chi connectivity index (χ4v) is 8.27. The number of hydrogen-bond acceptors (Lipinski definition) is 8. The van der Waals surface area contributed by atoms with Gasteiger partial charge >= 0.3 is 0 Å². The summed E-state index contributed by atoms with van der Waals surface area (Å²) in [6, 6.07) is 17.2. The number of thiocarbonyl (C=S) groups is 2. The van der Waals surface area contributed by atoms with Crippen molar-refractivity contribution in [3.8, 4) is 23.0 Å². The highest BCUT2D eigenvalue weighted by Crippen LogP contribution is 2.42. The molecule has 0 unspecified atom stereocenters. The van der Waals surface area contributed by atoms with Gasteiger partial charge in [-0.25, -0.2) is 0 Å². The summed E-state index contributed by atoms with van der Waals surface area (Å²) in [7, 11) is 0. The average molecular weight is 959 g/mol. The van der Waals surface area contributed by atoms with Gasteiger partial charge in [-0.05, 0) is 166 Å². The molecule has 0 N–H and O–H groups in total. The number of halogens is 2. The molecule has 0 fully saturated rings. The van der Waals surface area contributed by atoms with Crippen LogP contribution in [0.25, 0.3) is 0 Å². The molecule has 0 aromatic heterocycles. The summed E-state index contributed by atoms with van der Waals surface area (Å²) >= 11 is 15.0. The van der Waals surface area contributed by atoms with E-state index in [1.54, 1.807) is 0 Å². The number of hydrogen-bond donors (Lipinski definition) is 0. The Bertz CT molecular complexity index is 1770. The molecule has 4 aromatic carbocycles. The number of isothiocyanates is 2. The molecule has 4 aromatic rings. The molecular formula is C42H44I2N2O4S2. The molecule has 6 nitrogen and oxygen atoms in total. The van der Waals surface area contributed by atoms with Gasteiger partial charge < -0.3 is 18.9 Å². The van der Waals surface area contributed by atoms with Crippen LogP contribution in [0, 0.1) is 7.14 Å². The van der Waals surface area contributed by atoms with Gasteiger partial charge in [-0.1, -0.05) is 27.7 Å². The maximum Gasteiger partial charge on any atom is 0.126 e. The Morgan fingerprint density at radius 1 is 0.462 bits per heavy atom. The van der Waals surface area contributed by atoms with Crippen molar-refractivity contribution >= 4 is 91.3 Å². The first kappa shape index (κ1) is 40.3. The number of ether oxygens (including phenoxy) is 4. The molecule has 10 heteroatoms. The molecule has 0 radical (unpaired) electrons. The maximum absolute atomic E-state index is 6.65. The van der Waals surface area contributed by atoms with Crippen molar-refractivity contribution in [2.45, 2.75) is 79.1 Å². The van der Waals surface area contributed by atoms with E-state index in [2.05, 4.69) is 142 Å². The minimum Gasteiger partial charge on any atom is -0.493 e. The van der Waals surface area contributed by atoms with Crippen LogP contribution < -0.4 is 18.9 Å². The summed E-state index contributed by atoms with van der Waals surface area (Å²) in [4.78, 5) is 8.97. The van der Waals surface area contributed by atoms with Gasteiger partial charge in [-0.3, -0.25) is 0 Å². The van der Waals surface area contributed by atoms with Crippen LogP contribution in [0.5, 0.6) is 23.0 Å². The second kappa shape index (κ2) is 20.0. The van der Waals surface area contributed by atoms with E-state index in [0.29, 0.717) is 52.1 Å². The summed E-state index contributed by atoms with van der Waals surface area (Å²) in [5, 5.41) is 5.20. The number of aliphatic imine (C=N–C) groups is 2. The molecule has 8 bridgehead atoms. The number of rotatable bonds is 14. The Balaban J connectivity index is 1.90. The minimum atomic E-state index is 0.576. The average Bonchev–Trinajstić information content (AvgIpc) is 3.10. The number of benzene rings is 4. The first-order valence-electron chi connectivity index (χ1n) is 17.9. The van der Waals surface area contributed by atoms with Crippen LogP contribution in [0.15, 0.2) is 58.5 Å². The highest BCUT2D eigenvalue weighted by Gasteiger charge is 2.24. The summed E-state index contributed by atoms with van der Waals surface area (Å²) in [6.45, 7) is 10.9.